The number of carbonyl (C=O) groups excluding carboxylic acids is 2. The second kappa shape index (κ2) is 11.1. The van der Waals surface area contributed by atoms with Gasteiger partial charge in [-0.25, -0.2) is 0 Å². The molecular weight excluding hydrogens is 562 g/mol. The number of methoxy groups -OCH3 is 1. The molecule has 0 bridgehead atoms. The number of hydrogen-bond acceptors (Lipinski definition) is 12. The fourth-order valence-corrected chi connectivity index (χ4v) is 6.95. The Labute approximate surface area is 248 Å². The first-order valence-electron chi connectivity index (χ1n) is 14.5. The largest absolute Gasteiger partial charge is 0.507 e. The number of phenols is 2. The zero-order valence-corrected chi connectivity index (χ0v) is 24.3. The number of phenolic OH excluding ortho intramolecular Hbond substituents is 2. The van der Waals surface area contributed by atoms with Gasteiger partial charge in [0.2, 0.25) is 5.78 Å². The predicted octanol–water partition coefficient (Wildman–Crippen LogP) is 1.19. The molecule has 5 N–H and O–H groups in total. The van der Waals surface area contributed by atoms with Crippen molar-refractivity contribution in [2.24, 2.45) is 0 Å². The number of carbonyl (C=O) groups is 2. The SMILES string of the molecule is COc1cccc2c1C(=O)c1c(O)c3c(c(O)c1C2=O)CC(O)(C(C)O)CC3O[C@H]1C[C@H](N2CCOCC2)[C@H](O)[C@H](C)O1. The zero-order chi connectivity index (χ0) is 30.8. The molecule has 2 fully saturated rings. The number of fused-ring (bicyclic) bond motifs is 3. The molecule has 7 atom stereocenters. The van der Waals surface area contributed by atoms with Crippen LogP contribution in [0.1, 0.15) is 75.8 Å². The maximum atomic E-state index is 13.8. The fourth-order valence-electron chi connectivity index (χ4n) is 6.95. The summed E-state index contributed by atoms with van der Waals surface area (Å²) in [5, 5.41) is 56.2. The Bertz CT molecular complexity index is 1450. The lowest BCUT2D eigenvalue weighted by atomic mass is 9.71. The van der Waals surface area contributed by atoms with Crippen LogP contribution in [0.3, 0.4) is 0 Å². The first-order valence-corrected chi connectivity index (χ1v) is 14.5. The highest BCUT2D eigenvalue weighted by Gasteiger charge is 2.49. The minimum Gasteiger partial charge on any atom is -0.507 e. The van der Waals surface area contributed by atoms with E-state index < -0.39 is 59.4 Å². The number of aliphatic hydroxyl groups excluding tert-OH is 2. The van der Waals surface area contributed by atoms with E-state index in [4.69, 9.17) is 18.9 Å². The molecule has 232 valence electrons. The lowest BCUT2D eigenvalue weighted by molar-refractivity contribution is -0.263. The molecule has 6 rings (SSSR count). The highest BCUT2D eigenvalue weighted by Crippen LogP contribution is 2.53. The van der Waals surface area contributed by atoms with Gasteiger partial charge in [-0.1, -0.05) is 12.1 Å². The summed E-state index contributed by atoms with van der Waals surface area (Å²) in [4.78, 5) is 29.6. The fraction of sp³-hybridized carbons (Fsp3) is 0.548. The Morgan fingerprint density at radius 2 is 1.77 bits per heavy atom. The van der Waals surface area contributed by atoms with Crippen molar-refractivity contribution in [1.82, 2.24) is 4.90 Å². The molecule has 2 aromatic carbocycles. The second-order valence-electron chi connectivity index (χ2n) is 11.9. The van der Waals surface area contributed by atoms with Crippen molar-refractivity contribution in [2.75, 3.05) is 33.4 Å². The van der Waals surface area contributed by atoms with Gasteiger partial charge in [-0.15, -0.1) is 0 Å². The van der Waals surface area contributed by atoms with Gasteiger partial charge in [0.15, 0.2) is 12.1 Å². The Morgan fingerprint density at radius 1 is 1.07 bits per heavy atom. The molecule has 2 aliphatic heterocycles. The summed E-state index contributed by atoms with van der Waals surface area (Å²) >= 11 is 0. The number of rotatable bonds is 5. The first-order chi connectivity index (χ1) is 20.5. The molecule has 0 spiro atoms. The van der Waals surface area contributed by atoms with E-state index in [9.17, 15) is 35.1 Å². The van der Waals surface area contributed by atoms with Gasteiger partial charge in [-0.3, -0.25) is 14.5 Å². The molecule has 12 heteroatoms. The van der Waals surface area contributed by atoms with Crippen LogP contribution in [0.2, 0.25) is 0 Å². The molecule has 0 amide bonds. The molecule has 4 aliphatic rings. The van der Waals surface area contributed by atoms with Crippen LogP contribution in [0.4, 0.5) is 0 Å². The molecule has 0 saturated carbocycles. The number of aromatic hydroxyl groups is 2. The third kappa shape index (κ3) is 4.81. The summed E-state index contributed by atoms with van der Waals surface area (Å²) in [6, 6.07) is 4.20. The molecule has 12 nitrogen and oxygen atoms in total. The van der Waals surface area contributed by atoms with Crippen molar-refractivity contribution in [2.45, 2.75) is 75.5 Å². The topological polar surface area (TPSA) is 175 Å². The molecular formula is C31H37NO11. The van der Waals surface area contributed by atoms with Gasteiger partial charge in [0.1, 0.15) is 17.2 Å². The van der Waals surface area contributed by atoms with E-state index in [0.29, 0.717) is 26.3 Å². The normalized spacial score (nSPS) is 31.6. The maximum Gasteiger partial charge on any atom is 0.202 e. The summed E-state index contributed by atoms with van der Waals surface area (Å²) in [7, 11) is 1.36. The number of ether oxygens (including phenoxy) is 4. The zero-order valence-electron chi connectivity index (χ0n) is 24.3. The maximum absolute atomic E-state index is 13.8. The highest BCUT2D eigenvalue weighted by atomic mass is 16.7. The number of benzene rings is 2. The van der Waals surface area contributed by atoms with Crippen LogP contribution in [-0.2, 0) is 20.6 Å². The van der Waals surface area contributed by atoms with Gasteiger partial charge in [-0.05, 0) is 19.9 Å². The van der Waals surface area contributed by atoms with E-state index in [2.05, 4.69) is 4.90 Å². The monoisotopic (exact) mass is 599 g/mol. The summed E-state index contributed by atoms with van der Waals surface area (Å²) in [6.45, 7) is 5.43. The van der Waals surface area contributed by atoms with E-state index in [1.807, 2.05) is 0 Å². The lowest BCUT2D eigenvalue weighted by Crippen LogP contribution is -2.58. The Kier molecular flexibility index (Phi) is 7.74. The Morgan fingerprint density at radius 3 is 2.44 bits per heavy atom. The van der Waals surface area contributed by atoms with E-state index >= 15 is 0 Å². The summed E-state index contributed by atoms with van der Waals surface area (Å²) in [5.41, 5.74) is -2.55. The van der Waals surface area contributed by atoms with E-state index in [0.717, 1.165) is 0 Å². The third-order valence-corrected chi connectivity index (χ3v) is 9.39. The molecule has 2 heterocycles. The average Bonchev–Trinajstić information content (AvgIpc) is 2.99. The summed E-state index contributed by atoms with van der Waals surface area (Å²) in [5.74, 6) is -2.36. The van der Waals surface area contributed by atoms with Gasteiger partial charge in [0, 0.05) is 55.1 Å². The number of ketones is 2. The van der Waals surface area contributed by atoms with Crippen LogP contribution in [0.5, 0.6) is 17.2 Å². The smallest absolute Gasteiger partial charge is 0.202 e. The molecule has 0 radical (unpaired) electrons. The van der Waals surface area contributed by atoms with E-state index in [1.54, 1.807) is 13.0 Å². The number of nitrogens with zero attached hydrogens (tertiary/aromatic N) is 1. The Hall–Kier alpha value is -3.10. The minimum absolute atomic E-state index is 0.00276. The molecule has 2 saturated heterocycles. The van der Waals surface area contributed by atoms with Crippen LogP contribution >= 0.6 is 0 Å². The van der Waals surface area contributed by atoms with Gasteiger partial charge in [0.25, 0.3) is 0 Å². The third-order valence-electron chi connectivity index (χ3n) is 9.39. The van der Waals surface area contributed by atoms with Crippen molar-refractivity contribution >= 4 is 11.6 Å². The highest BCUT2D eigenvalue weighted by molar-refractivity contribution is 6.31. The van der Waals surface area contributed by atoms with Crippen LogP contribution in [0.25, 0.3) is 0 Å². The van der Waals surface area contributed by atoms with Gasteiger partial charge < -0.3 is 44.5 Å². The summed E-state index contributed by atoms with van der Waals surface area (Å²) < 4.78 is 23.2. The van der Waals surface area contributed by atoms with Crippen LogP contribution in [0.15, 0.2) is 18.2 Å². The van der Waals surface area contributed by atoms with Crippen molar-refractivity contribution in [1.29, 1.82) is 0 Å². The minimum atomic E-state index is -1.80. The number of morpholine rings is 1. The number of aliphatic hydroxyl groups is 3. The van der Waals surface area contributed by atoms with Crippen LogP contribution in [-0.4, -0.2) is 112 Å². The molecule has 3 unspecified atom stereocenters. The van der Waals surface area contributed by atoms with E-state index in [1.165, 1.54) is 26.2 Å². The average molecular weight is 600 g/mol. The standard InChI is InChI=1S/C31H37NO11/c1-14-26(34)18(32-7-9-41-10-8-32)11-21(42-14)43-20-13-31(39,15(2)33)12-17-23(20)30(38)25-24(28(17)36)27(35)16-5-4-6-19(40-3)22(16)29(25)37/h4-6,14-15,18,20-21,26,33-34,36,38-39H,7-13H2,1-3H3/t14-,15?,18-,20?,21-,26+,31?/m0/s1. The van der Waals surface area contributed by atoms with Crippen LogP contribution < -0.4 is 4.74 Å². The molecule has 2 aromatic rings. The van der Waals surface area contributed by atoms with Crippen LogP contribution in [0, 0.1) is 0 Å². The van der Waals surface area contributed by atoms with Gasteiger partial charge >= 0.3 is 0 Å². The van der Waals surface area contributed by atoms with Gasteiger partial charge in [-0.2, -0.15) is 0 Å². The molecule has 2 aliphatic carbocycles. The molecule has 43 heavy (non-hydrogen) atoms. The quantitative estimate of drug-likeness (QED) is 0.265. The second-order valence-corrected chi connectivity index (χ2v) is 11.9. The van der Waals surface area contributed by atoms with E-state index in [-0.39, 0.29) is 64.4 Å². The predicted molar refractivity (Wildman–Crippen MR) is 150 cm³/mol. The lowest BCUT2D eigenvalue weighted by Gasteiger charge is -2.46. The van der Waals surface area contributed by atoms with Crippen molar-refractivity contribution in [3.05, 3.63) is 51.6 Å². The summed E-state index contributed by atoms with van der Waals surface area (Å²) in [6.07, 6.45) is -5.01. The van der Waals surface area contributed by atoms with Crippen molar-refractivity contribution in [3.63, 3.8) is 0 Å². The van der Waals surface area contributed by atoms with Crippen molar-refractivity contribution < 1.29 is 54.1 Å². The Balaban J connectivity index is 1.44. The van der Waals surface area contributed by atoms with Crippen molar-refractivity contribution in [3.8, 4) is 17.2 Å². The number of hydrogen-bond donors (Lipinski definition) is 5. The molecule has 0 aromatic heterocycles. The van der Waals surface area contributed by atoms with Gasteiger partial charge in [0.05, 0.1) is 67.0 Å². The first kappa shape index (κ1) is 29.9.